The summed E-state index contributed by atoms with van der Waals surface area (Å²) in [7, 11) is 0. The number of likely N-dealkylation sites (tertiary alicyclic amines) is 1. The molecule has 0 aromatic heterocycles. The second-order valence-corrected chi connectivity index (χ2v) is 7.11. The molecule has 0 bridgehead atoms. The monoisotopic (exact) mass is 238 g/mol. The maximum atomic E-state index is 5.81. The molecular formula is C15H30N2. The molecule has 1 aliphatic carbocycles. The summed E-state index contributed by atoms with van der Waals surface area (Å²) in [5.41, 5.74) is 6.42. The molecule has 2 heteroatoms. The number of rotatable bonds is 3. The first-order chi connectivity index (χ1) is 8.09. The summed E-state index contributed by atoms with van der Waals surface area (Å²) in [5, 5.41) is 0. The van der Waals surface area contributed by atoms with Gasteiger partial charge in [-0.3, -0.25) is 0 Å². The first-order valence-corrected chi connectivity index (χ1v) is 7.51. The van der Waals surface area contributed by atoms with E-state index in [1.54, 1.807) is 0 Å². The molecule has 0 amide bonds. The maximum Gasteiger partial charge on any atom is 0.00218 e. The SMILES string of the molecule is CC1(C)CCC(CN2CCCC(CN)C2)CC1. The lowest BCUT2D eigenvalue weighted by molar-refractivity contribution is 0.113. The number of hydrogen-bond acceptors (Lipinski definition) is 2. The fourth-order valence-corrected chi connectivity index (χ4v) is 3.52. The first-order valence-electron chi connectivity index (χ1n) is 7.51. The van der Waals surface area contributed by atoms with Crippen molar-refractivity contribution in [2.75, 3.05) is 26.2 Å². The van der Waals surface area contributed by atoms with Gasteiger partial charge in [0.25, 0.3) is 0 Å². The van der Waals surface area contributed by atoms with Crippen LogP contribution in [0, 0.1) is 17.3 Å². The lowest BCUT2D eigenvalue weighted by atomic mass is 9.73. The number of nitrogens with zero attached hydrogens (tertiary/aromatic N) is 1. The molecule has 2 aliphatic rings. The molecule has 2 N–H and O–H groups in total. The molecule has 0 spiro atoms. The van der Waals surface area contributed by atoms with Crippen LogP contribution in [0.2, 0.25) is 0 Å². The molecule has 2 nitrogen and oxygen atoms in total. The quantitative estimate of drug-likeness (QED) is 0.819. The smallest absolute Gasteiger partial charge is 0.00218 e. The molecule has 1 aliphatic heterocycles. The van der Waals surface area contributed by atoms with E-state index < -0.39 is 0 Å². The molecule has 100 valence electrons. The van der Waals surface area contributed by atoms with Crippen molar-refractivity contribution in [2.24, 2.45) is 23.0 Å². The Bertz CT molecular complexity index is 227. The molecule has 2 fully saturated rings. The molecule has 1 heterocycles. The van der Waals surface area contributed by atoms with Crippen LogP contribution in [0.1, 0.15) is 52.4 Å². The fraction of sp³-hybridized carbons (Fsp3) is 1.00. The number of hydrogen-bond donors (Lipinski definition) is 1. The van der Waals surface area contributed by atoms with Crippen LogP contribution in [0.4, 0.5) is 0 Å². The molecule has 1 saturated carbocycles. The van der Waals surface area contributed by atoms with Crippen LogP contribution in [0.5, 0.6) is 0 Å². The van der Waals surface area contributed by atoms with E-state index in [2.05, 4.69) is 18.7 Å². The Morgan fingerprint density at radius 3 is 2.47 bits per heavy atom. The van der Waals surface area contributed by atoms with Gasteiger partial charge in [0, 0.05) is 13.1 Å². The van der Waals surface area contributed by atoms with Gasteiger partial charge in [0.05, 0.1) is 0 Å². The van der Waals surface area contributed by atoms with Crippen LogP contribution in [-0.2, 0) is 0 Å². The summed E-state index contributed by atoms with van der Waals surface area (Å²) in [4.78, 5) is 2.68. The summed E-state index contributed by atoms with van der Waals surface area (Å²) in [6.45, 7) is 9.65. The van der Waals surface area contributed by atoms with E-state index in [-0.39, 0.29) is 0 Å². The van der Waals surface area contributed by atoms with Crippen molar-refractivity contribution in [1.82, 2.24) is 4.90 Å². The number of nitrogens with two attached hydrogens (primary N) is 1. The van der Waals surface area contributed by atoms with Gasteiger partial charge >= 0.3 is 0 Å². The normalized spacial score (nSPS) is 31.6. The first kappa shape index (κ1) is 13.4. The second kappa shape index (κ2) is 5.71. The highest BCUT2D eigenvalue weighted by Crippen LogP contribution is 2.38. The topological polar surface area (TPSA) is 29.3 Å². The summed E-state index contributed by atoms with van der Waals surface area (Å²) < 4.78 is 0. The predicted octanol–water partition coefficient (Wildman–Crippen LogP) is 2.87. The minimum Gasteiger partial charge on any atom is -0.330 e. The maximum absolute atomic E-state index is 5.81. The molecule has 0 aromatic rings. The minimum atomic E-state index is 0.609. The van der Waals surface area contributed by atoms with Crippen LogP contribution in [-0.4, -0.2) is 31.1 Å². The van der Waals surface area contributed by atoms with Crippen molar-refractivity contribution in [1.29, 1.82) is 0 Å². The highest BCUT2D eigenvalue weighted by Gasteiger charge is 2.28. The van der Waals surface area contributed by atoms with E-state index in [0.717, 1.165) is 18.4 Å². The second-order valence-electron chi connectivity index (χ2n) is 7.11. The Balaban J connectivity index is 1.74. The highest BCUT2D eigenvalue weighted by atomic mass is 15.1. The molecule has 1 atom stereocenters. The van der Waals surface area contributed by atoms with Gasteiger partial charge in [-0.25, -0.2) is 0 Å². The van der Waals surface area contributed by atoms with Gasteiger partial charge in [-0.05, 0) is 68.9 Å². The zero-order valence-electron chi connectivity index (χ0n) is 11.8. The van der Waals surface area contributed by atoms with Crippen molar-refractivity contribution in [2.45, 2.75) is 52.4 Å². The average molecular weight is 238 g/mol. The van der Waals surface area contributed by atoms with Crippen molar-refractivity contribution >= 4 is 0 Å². The fourth-order valence-electron chi connectivity index (χ4n) is 3.52. The summed E-state index contributed by atoms with van der Waals surface area (Å²) in [6, 6.07) is 0. The van der Waals surface area contributed by atoms with Crippen molar-refractivity contribution in [3.05, 3.63) is 0 Å². The Kier molecular flexibility index (Phi) is 4.48. The molecule has 1 saturated heterocycles. The molecule has 0 radical (unpaired) electrons. The van der Waals surface area contributed by atoms with Crippen LogP contribution >= 0.6 is 0 Å². The van der Waals surface area contributed by atoms with E-state index in [9.17, 15) is 0 Å². The van der Waals surface area contributed by atoms with Crippen molar-refractivity contribution < 1.29 is 0 Å². The predicted molar refractivity (Wildman–Crippen MR) is 74.0 cm³/mol. The van der Waals surface area contributed by atoms with E-state index in [4.69, 9.17) is 5.73 Å². The number of piperidine rings is 1. The third kappa shape index (κ3) is 3.96. The third-order valence-corrected chi connectivity index (χ3v) is 4.91. The summed E-state index contributed by atoms with van der Waals surface area (Å²) >= 11 is 0. The van der Waals surface area contributed by atoms with Crippen LogP contribution < -0.4 is 5.73 Å². The lowest BCUT2D eigenvalue weighted by Crippen LogP contribution is -2.41. The van der Waals surface area contributed by atoms with Gasteiger partial charge in [-0.2, -0.15) is 0 Å². The van der Waals surface area contributed by atoms with E-state index in [0.29, 0.717) is 5.41 Å². The van der Waals surface area contributed by atoms with Gasteiger partial charge in [-0.1, -0.05) is 13.8 Å². The molecular weight excluding hydrogens is 208 g/mol. The lowest BCUT2D eigenvalue weighted by Gasteiger charge is -2.39. The molecule has 0 aromatic carbocycles. The van der Waals surface area contributed by atoms with Gasteiger partial charge < -0.3 is 10.6 Å². The highest BCUT2D eigenvalue weighted by molar-refractivity contribution is 4.82. The van der Waals surface area contributed by atoms with E-state index in [1.807, 2.05) is 0 Å². The van der Waals surface area contributed by atoms with Crippen LogP contribution in [0.3, 0.4) is 0 Å². The van der Waals surface area contributed by atoms with Crippen molar-refractivity contribution in [3.8, 4) is 0 Å². The summed E-state index contributed by atoms with van der Waals surface area (Å²) in [6.07, 6.45) is 8.44. The average Bonchev–Trinajstić information content (AvgIpc) is 2.32. The van der Waals surface area contributed by atoms with Gasteiger partial charge in [0.15, 0.2) is 0 Å². The zero-order valence-corrected chi connectivity index (χ0v) is 11.8. The van der Waals surface area contributed by atoms with E-state index >= 15 is 0 Å². The van der Waals surface area contributed by atoms with Gasteiger partial charge in [0.2, 0.25) is 0 Å². The van der Waals surface area contributed by atoms with Crippen molar-refractivity contribution in [3.63, 3.8) is 0 Å². The molecule has 2 rings (SSSR count). The van der Waals surface area contributed by atoms with Crippen LogP contribution in [0.15, 0.2) is 0 Å². The zero-order chi connectivity index (χ0) is 12.3. The Morgan fingerprint density at radius 2 is 1.82 bits per heavy atom. The Labute approximate surface area is 107 Å². The van der Waals surface area contributed by atoms with Gasteiger partial charge in [-0.15, -0.1) is 0 Å². The Hall–Kier alpha value is -0.0800. The standard InChI is InChI=1S/C15H30N2/c1-15(2)7-5-13(6-8-15)11-17-9-3-4-14(10-16)12-17/h13-14H,3-12,16H2,1-2H3. The van der Waals surface area contributed by atoms with Gasteiger partial charge in [0.1, 0.15) is 0 Å². The molecule has 1 unspecified atom stereocenters. The molecule has 17 heavy (non-hydrogen) atoms. The third-order valence-electron chi connectivity index (χ3n) is 4.91. The largest absolute Gasteiger partial charge is 0.330 e. The minimum absolute atomic E-state index is 0.609. The van der Waals surface area contributed by atoms with Crippen LogP contribution in [0.25, 0.3) is 0 Å². The Morgan fingerprint density at radius 1 is 1.12 bits per heavy atom. The van der Waals surface area contributed by atoms with E-state index in [1.165, 1.54) is 58.2 Å². The summed E-state index contributed by atoms with van der Waals surface area (Å²) in [5.74, 6) is 1.73.